The summed E-state index contributed by atoms with van der Waals surface area (Å²) < 4.78 is 34.7. The molecule has 0 amide bonds. The maximum atomic E-state index is 12.1. The van der Waals surface area contributed by atoms with Crippen LogP contribution in [-0.2, 0) is 9.84 Å². The number of nitrogen functional groups attached to an aromatic ring is 1. The minimum atomic E-state index is -3.49. The number of aromatic nitrogens is 1. The Morgan fingerprint density at radius 3 is 2.43 bits per heavy atom. The molecule has 1 aromatic carbocycles. The normalized spacial score (nSPS) is 11.1. The minimum absolute atomic E-state index is 0.0381. The van der Waals surface area contributed by atoms with Crippen LogP contribution in [0.4, 0.5) is 5.69 Å². The van der Waals surface area contributed by atoms with E-state index < -0.39 is 9.84 Å². The summed E-state index contributed by atoms with van der Waals surface area (Å²) in [4.78, 5) is 3.85. The molecule has 21 heavy (non-hydrogen) atoms. The van der Waals surface area contributed by atoms with Gasteiger partial charge in [-0.3, -0.25) is 4.98 Å². The number of rotatable bonds is 6. The maximum absolute atomic E-state index is 12.1. The van der Waals surface area contributed by atoms with Gasteiger partial charge in [0.2, 0.25) is 0 Å². The number of anilines is 1. The zero-order valence-electron chi connectivity index (χ0n) is 11.5. The van der Waals surface area contributed by atoms with E-state index in [1.165, 1.54) is 18.5 Å². The van der Waals surface area contributed by atoms with Crippen molar-refractivity contribution in [3.05, 3.63) is 42.7 Å². The van der Waals surface area contributed by atoms with Gasteiger partial charge in [-0.25, -0.2) is 8.42 Å². The van der Waals surface area contributed by atoms with Gasteiger partial charge in [0.05, 0.1) is 29.6 Å². The summed E-state index contributed by atoms with van der Waals surface area (Å²) in [6.45, 7) is 0.0381. The number of hydrogen-bond acceptors (Lipinski definition) is 6. The number of methoxy groups -OCH3 is 1. The molecule has 0 aliphatic rings. The average Bonchev–Trinajstić information content (AvgIpc) is 2.48. The van der Waals surface area contributed by atoms with Crippen LogP contribution in [0, 0.1) is 0 Å². The Balaban J connectivity index is 1.97. The minimum Gasteiger partial charge on any atom is -0.497 e. The molecule has 0 saturated heterocycles. The summed E-state index contributed by atoms with van der Waals surface area (Å²) in [5, 5.41) is 0. The quantitative estimate of drug-likeness (QED) is 0.870. The molecule has 1 aromatic heterocycles. The Bertz CT molecular complexity index is 699. The molecular formula is C14H16N2O4S. The van der Waals surface area contributed by atoms with E-state index >= 15 is 0 Å². The van der Waals surface area contributed by atoms with Gasteiger partial charge < -0.3 is 15.2 Å². The predicted molar refractivity (Wildman–Crippen MR) is 79.2 cm³/mol. The monoisotopic (exact) mass is 308 g/mol. The molecule has 0 atom stereocenters. The molecule has 2 rings (SSSR count). The number of nitrogens with two attached hydrogens (primary N) is 1. The number of hydrogen-bond donors (Lipinski definition) is 1. The maximum Gasteiger partial charge on any atom is 0.183 e. The lowest BCUT2D eigenvalue weighted by Gasteiger charge is -2.09. The van der Waals surface area contributed by atoms with Crippen LogP contribution in [0.2, 0.25) is 0 Å². The molecule has 0 spiro atoms. The molecule has 0 aliphatic carbocycles. The van der Waals surface area contributed by atoms with Crippen molar-refractivity contribution in [2.24, 2.45) is 0 Å². The Labute approximate surface area is 123 Å². The highest BCUT2D eigenvalue weighted by Crippen LogP contribution is 2.19. The average molecular weight is 308 g/mol. The second kappa shape index (κ2) is 6.45. The molecule has 1 heterocycles. The third-order valence-corrected chi connectivity index (χ3v) is 4.57. The lowest BCUT2D eigenvalue weighted by molar-refractivity contribution is 0.339. The zero-order valence-corrected chi connectivity index (χ0v) is 12.3. The predicted octanol–water partition coefficient (Wildman–Crippen LogP) is 1.53. The van der Waals surface area contributed by atoms with E-state index in [0.717, 1.165) is 0 Å². The third kappa shape index (κ3) is 3.85. The van der Waals surface area contributed by atoms with Gasteiger partial charge in [-0.1, -0.05) is 0 Å². The molecule has 0 radical (unpaired) electrons. The van der Waals surface area contributed by atoms with Crippen molar-refractivity contribution >= 4 is 15.5 Å². The summed E-state index contributed by atoms with van der Waals surface area (Å²) in [6.07, 6.45) is 2.71. The summed E-state index contributed by atoms with van der Waals surface area (Å²) in [5.41, 5.74) is 5.77. The van der Waals surface area contributed by atoms with Gasteiger partial charge in [0.1, 0.15) is 18.1 Å². The van der Waals surface area contributed by atoms with Gasteiger partial charge in [0.15, 0.2) is 9.84 Å². The highest BCUT2D eigenvalue weighted by Gasteiger charge is 2.17. The zero-order chi connectivity index (χ0) is 15.3. The van der Waals surface area contributed by atoms with Crippen molar-refractivity contribution in [1.82, 2.24) is 4.98 Å². The van der Waals surface area contributed by atoms with Crippen LogP contribution in [0.5, 0.6) is 11.5 Å². The van der Waals surface area contributed by atoms with Crippen molar-refractivity contribution in [2.45, 2.75) is 4.90 Å². The molecule has 112 valence electrons. The molecule has 2 aromatic rings. The van der Waals surface area contributed by atoms with Crippen molar-refractivity contribution in [3.8, 4) is 11.5 Å². The summed E-state index contributed by atoms with van der Waals surface area (Å²) in [5.74, 6) is 1.13. The Morgan fingerprint density at radius 2 is 1.81 bits per heavy atom. The summed E-state index contributed by atoms with van der Waals surface area (Å²) in [7, 11) is -1.92. The van der Waals surface area contributed by atoms with E-state index in [1.807, 2.05) is 0 Å². The molecular weight excluding hydrogens is 292 g/mol. The van der Waals surface area contributed by atoms with Crippen LogP contribution in [0.1, 0.15) is 0 Å². The smallest absolute Gasteiger partial charge is 0.183 e. The van der Waals surface area contributed by atoms with E-state index in [4.69, 9.17) is 15.2 Å². The van der Waals surface area contributed by atoms with E-state index in [9.17, 15) is 8.42 Å². The van der Waals surface area contributed by atoms with Crippen molar-refractivity contribution in [1.29, 1.82) is 0 Å². The summed E-state index contributed by atoms with van der Waals surface area (Å²) in [6, 6.07) is 8.30. The standard InChI is InChI=1S/C14H16N2O4S/c1-19-11-2-4-12(5-3-11)20-8-9-21(17,18)14-6-7-16-10-13(14)15/h2-7,10H,8-9,15H2,1H3. The molecule has 0 aliphatic heterocycles. The largest absolute Gasteiger partial charge is 0.497 e. The van der Waals surface area contributed by atoms with E-state index in [-0.39, 0.29) is 22.9 Å². The second-order valence-corrected chi connectivity index (χ2v) is 6.33. The van der Waals surface area contributed by atoms with Crippen LogP contribution in [0.25, 0.3) is 0 Å². The molecule has 7 heteroatoms. The topological polar surface area (TPSA) is 91.5 Å². The first-order valence-corrected chi connectivity index (χ1v) is 7.87. The Kier molecular flexibility index (Phi) is 4.64. The number of ether oxygens (including phenoxy) is 2. The number of nitrogens with zero attached hydrogens (tertiary/aromatic N) is 1. The van der Waals surface area contributed by atoms with Crippen LogP contribution in [0.3, 0.4) is 0 Å². The van der Waals surface area contributed by atoms with Crippen LogP contribution >= 0.6 is 0 Å². The van der Waals surface area contributed by atoms with Crippen molar-refractivity contribution in [3.63, 3.8) is 0 Å². The Hall–Kier alpha value is -2.28. The van der Waals surface area contributed by atoms with E-state index in [1.54, 1.807) is 31.4 Å². The fourth-order valence-electron chi connectivity index (χ4n) is 1.73. The lowest BCUT2D eigenvalue weighted by Crippen LogP contribution is -2.15. The first-order chi connectivity index (χ1) is 10.0. The Morgan fingerprint density at radius 1 is 1.14 bits per heavy atom. The second-order valence-electron chi connectivity index (χ2n) is 4.26. The first kappa shape index (κ1) is 15.1. The van der Waals surface area contributed by atoms with Crippen molar-refractivity contribution < 1.29 is 17.9 Å². The fraction of sp³-hybridized carbons (Fsp3) is 0.214. The highest BCUT2D eigenvalue weighted by molar-refractivity contribution is 7.91. The van der Waals surface area contributed by atoms with Gasteiger partial charge in [-0.05, 0) is 30.3 Å². The van der Waals surface area contributed by atoms with E-state index in [0.29, 0.717) is 11.5 Å². The number of pyridine rings is 1. The van der Waals surface area contributed by atoms with Gasteiger partial charge >= 0.3 is 0 Å². The molecule has 6 nitrogen and oxygen atoms in total. The van der Waals surface area contributed by atoms with E-state index in [2.05, 4.69) is 4.98 Å². The lowest BCUT2D eigenvalue weighted by atomic mass is 10.3. The van der Waals surface area contributed by atoms with Gasteiger partial charge in [0.25, 0.3) is 0 Å². The van der Waals surface area contributed by atoms with Gasteiger partial charge in [-0.15, -0.1) is 0 Å². The van der Waals surface area contributed by atoms with Crippen molar-refractivity contribution in [2.75, 3.05) is 25.2 Å². The third-order valence-electron chi connectivity index (χ3n) is 2.83. The fourth-order valence-corrected chi connectivity index (χ4v) is 2.93. The highest BCUT2D eigenvalue weighted by atomic mass is 32.2. The first-order valence-electron chi connectivity index (χ1n) is 6.22. The molecule has 0 bridgehead atoms. The SMILES string of the molecule is COc1ccc(OCCS(=O)(=O)c2ccncc2N)cc1. The molecule has 0 fully saturated rings. The van der Waals surface area contributed by atoms with Gasteiger partial charge in [0, 0.05) is 6.20 Å². The van der Waals surface area contributed by atoms with Crippen LogP contribution in [-0.4, -0.2) is 32.9 Å². The number of sulfone groups is 1. The van der Waals surface area contributed by atoms with Gasteiger partial charge in [-0.2, -0.15) is 0 Å². The van der Waals surface area contributed by atoms with Crippen LogP contribution < -0.4 is 15.2 Å². The molecule has 0 unspecified atom stereocenters. The van der Waals surface area contributed by atoms with Crippen LogP contribution in [0.15, 0.2) is 47.6 Å². The summed E-state index contributed by atoms with van der Waals surface area (Å²) >= 11 is 0. The number of benzene rings is 1. The molecule has 2 N–H and O–H groups in total. The molecule has 0 saturated carbocycles.